The van der Waals surface area contributed by atoms with Gasteiger partial charge < -0.3 is 4.74 Å². The number of carbonyl (C=O) groups is 1. The second-order valence-corrected chi connectivity index (χ2v) is 7.62. The molecular formula is C18H21NO4S. The lowest BCUT2D eigenvalue weighted by Crippen LogP contribution is -2.31. The molecule has 5 nitrogen and oxygen atoms in total. The van der Waals surface area contributed by atoms with Crippen molar-refractivity contribution in [3.05, 3.63) is 59.7 Å². The zero-order valence-corrected chi connectivity index (χ0v) is 14.8. The third-order valence-corrected chi connectivity index (χ3v) is 5.50. The summed E-state index contributed by atoms with van der Waals surface area (Å²) in [6, 6.07) is 13.6. The predicted octanol–water partition coefficient (Wildman–Crippen LogP) is 2.90. The van der Waals surface area contributed by atoms with Crippen LogP contribution >= 0.6 is 0 Å². The van der Waals surface area contributed by atoms with Gasteiger partial charge in [-0.1, -0.05) is 29.8 Å². The third kappa shape index (κ3) is 4.43. The molecule has 24 heavy (non-hydrogen) atoms. The van der Waals surface area contributed by atoms with Gasteiger partial charge in [0.05, 0.1) is 4.90 Å². The van der Waals surface area contributed by atoms with Crippen LogP contribution < -0.4 is 4.74 Å². The van der Waals surface area contributed by atoms with Gasteiger partial charge in [-0.3, -0.25) is 4.79 Å². The molecule has 0 saturated carbocycles. The summed E-state index contributed by atoms with van der Waals surface area (Å²) in [6.07, 6.45) is 0. The van der Waals surface area contributed by atoms with Gasteiger partial charge in [-0.2, -0.15) is 4.31 Å². The molecule has 0 aliphatic rings. The number of benzene rings is 2. The van der Waals surface area contributed by atoms with Crippen LogP contribution in [0.2, 0.25) is 0 Å². The Kier molecular flexibility index (Phi) is 5.75. The molecule has 2 aromatic rings. The van der Waals surface area contributed by atoms with Gasteiger partial charge in [0.15, 0.2) is 5.78 Å². The van der Waals surface area contributed by atoms with Crippen LogP contribution in [0.5, 0.6) is 5.75 Å². The fourth-order valence-corrected chi connectivity index (χ4v) is 3.30. The maximum Gasteiger partial charge on any atom is 0.242 e. The Balaban J connectivity index is 2.02. The van der Waals surface area contributed by atoms with E-state index >= 15 is 0 Å². The lowest BCUT2D eigenvalue weighted by atomic mass is 10.2. The van der Waals surface area contributed by atoms with Crippen molar-refractivity contribution in [3.63, 3.8) is 0 Å². The van der Waals surface area contributed by atoms with E-state index < -0.39 is 10.0 Å². The first kappa shape index (κ1) is 18.2. The maximum atomic E-state index is 12.6. The molecule has 2 rings (SSSR count). The maximum absolute atomic E-state index is 12.6. The van der Waals surface area contributed by atoms with Crippen molar-refractivity contribution in [2.75, 3.05) is 20.2 Å². The molecule has 2 aromatic carbocycles. The van der Waals surface area contributed by atoms with Crippen molar-refractivity contribution in [3.8, 4) is 5.75 Å². The first-order valence-corrected chi connectivity index (χ1v) is 9.01. The number of rotatable bonds is 7. The van der Waals surface area contributed by atoms with Crippen LogP contribution in [-0.2, 0) is 10.0 Å². The number of aryl methyl sites for hydroxylation is 1. The number of sulfonamides is 1. The Hall–Kier alpha value is -2.18. The van der Waals surface area contributed by atoms with Gasteiger partial charge in [0, 0.05) is 19.2 Å². The van der Waals surface area contributed by atoms with E-state index in [-0.39, 0.29) is 23.8 Å². The summed E-state index contributed by atoms with van der Waals surface area (Å²) in [5.74, 6) is 0.530. The summed E-state index contributed by atoms with van der Waals surface area (Å²) in [5, 5.41) is 0. The predicted molar refractivity (Wildman–Crippen MR) is 92.9 cm³/mol. The summed E-state index contributed by atoms with van der Waals surface area (Å²) in [7, 11) is -2.16. The highest BCUT2D eigenvalue weighted by molar-refractivity contribution is 7.89. The van der Waals surface area contributed by atoms with Gasteiger partial charge in [-0.25, -0.2) is 8.42 Å². The molecule has 128 valence electrons. The molecule has 0 atom stereocenters. The van der Waals surface area contributed by atoms with Crippen LogP contribution in [-0.4, -0.2) is 38.7 Å². The van der Waals surface area contributed by atoms with Crippen LogP contribution in [0.25, 0.3) is 0 Å². The topological polar surface area (TPSA) is 63.7 Å². The highest BCUT2D eigenvalue weighted by Crippen LogP contribution is 2.17. The molecule has 0 saturated heterocycles. The van der Waals surface area contributed by atoms with Crippen molar-refractivity contribution < 1.29 is 17.9 Å². The zero-order valence-electron chi connectivity index (χ0n) is 14.0. The average molecular weight is 347 g/mol. The second kappa shape index (κ2) is 7.59. The van der Waals surface area contributed by atoms with E-state index in [0.717, 1.165) is 5.56 Å². The molecule has 6 heteroatoms. The molecule has 0 aliphatic carbocycles. The van der Waals surface area contributed by atoms with Crippen molar-refractivity contribution >= 4 is 15.8 Å². The number of carbonyl (C=O) groups excluding carboxylic acids is 1. The van der Waals surface area contributed by atoms with E-state index in [9.17, 15) is 13.2 Å². The molecule has 0 fully saturated rings. The number of hydrogen-bond acceptors (Lipinski definition) is 4. The highest BCUT2D eigenvalue weighted by Gasteiger charge is 2.21. The van der Waals surface area contributed by atoms with E-state index in [0.29, 0.717) is 11.3 Å². The van der Waals surface area contributed by atoms with E-state index in [4.69, 9.17) is 4.74 Å². The standard InChI is InChI=1S/C18H21NO4S/c1-14-7-9-17(10-8-14)23-12-11-19(3)24(21,22)18-6-4-5-16(13-18)15(2)20/h4-10,13H,11-12H2,1-3H3. The zero-order chi connectivity index (χ0) is 17.7. The quantitative estimate of drug-likeness (QED) is 0.723. The first-order chi connectivity index (χ1) is 11.3. The van der Waals surface area contributed by atoms with Crippen LogP contribution in [0.1, 0.15) is 22.8 Å². The van der Waals surface area contributed by atoms with Gasteiger partial charge in [0.1, 0.15) is 12.4 Å². The van der Waals surface area contributed by atoms with E-state index in [1.807, 2.05) is 31.2 Å². The molecule has 0 N–H and O–H groups in total. The lowest BCUT2D eigenvalue weighted by Gasteiger charge is -2.18. The normalized spacial score (nSPS) is 11.5. The number of nitrogens with zero attached hydrogens (tertiary/aromatic N) is 1. The molecule has 0 bridgehead atoms. The number of hydrogen-bond donors (Lipinski definition) is 0. The van der Waals surface area contributed by atoms with Crippen LogP contribution in [0.3, 0.4) is 0 Å². The van der Waals surface area contributed by atoms with Gasteiger partial charge in [0.2, 0.25) is 10.0 Å². The minimum atomic E-state index is -3.66. The first-order valence-electron chi connectivity index (χ1n) is 7.57. The minimum Gasteiger partial charge on any atom is -0.492 e. The Morgan fingerprint density at radius 3 is 2.42 bits per heavy atom. The van der Waals surface area contributed by atoms with E-state index in [1.165, 1.54) is 30.4 Å². The van der Waals surface area contributed by atoms with Gasteiger partial charge >= 0.3 is 0 Å². The number of Topliss-reactive ketones (excluding diaryl/α,β-unsaturated/α-hetero) is 1. The Bertz CT molecular complexity index is 813. The van der Waals surface area contributed by atoms with E-state index in [1.54, 1.807) is 12.1 Å². The van der Waals surface area contributed by atoms with Crippen molar-refractivity contribution in [1.29, 1.82) is 0 Å². The van der Waals surface area contributed by atoms with E-state index in [2.05, 4.69) is 0 Å². The minimum absolute atomic E-state index is 0.105. The SMILES string of the molecule is CC(=O)c1cccc(S(=O)(=O)N(C)CCOc2ccc(C)cc2)c1. The van der Waals surface area contributed by atoms with Crippen LogP contribution in [0.4, 0.5) is 0 Å². The summed E-state index contributed by atoms with van der Waals surface area (Å²) in [5.41, 5.74) is 1.51. The third-order valence-electron chi connectivity index (χ3n) is 3.64. The molecule has 0 heterocycles. The molecule has 0 unspecified atom stereocenters. The number of likely N-dealkylation sites (N-methyl/N-ethyl adjacent to an activating group) is 1. The largest absolute Gasteiger partial charge is 0.492 e. The molecule has 0 radical (unpaired) electrons. The summed E-state index contributed by atoms with van der Waals surface area (Å²) < 4.78 is 31.9. The van der Waals surface area contributed by atoms with Crippen molar-refractivity contribution in [2.45, 2.75) is 18.7 Å². The highest BCUT2D eigenvalue weighted by atomic mass is 32.2. The number of ketones is 1. The molecule has 0 amide bonds. The fraction of sp³-hybridized carbons (Fsp3) is 0.278. The Morgan fingerprint density at radius 2 is 1.79 bits per heavy atom. The van der Waals surface area contributed by atoms with Crippen LogP contribution in [0, 0.1) is 6.92 Å². The average Bonchev–Trinajstić information content (AvgIpc) is 2.56. The van der Waals surface area contributed by atoms with Crippen molar-refractivity contribution in [1.82, 2.24) is 4.31 Å². The van der Waals surface area contributed by atoms with Gasteiger partial charge in [-0.05, 0) is 38.1 Å². The summed E-state index contributed by atoms with van der Waals surface area (Å²) >= 11 is 0. The molecule has 0 aromatic heterocycles. The molecule has 0 spiro atoms. The molecule has 0 aliphatic heterocycles. The molecular weight excluding hydrogens is 326 g/mol. The Morgan fingerprint density at radius 1 is 1.12 bits per heavy atom. The van der Waals surface area contributed by atoms with Crippen LogP contribution in [0.15, 0.2) is 53.4 Å². The monoisotopic (exact) mass is 347 g/mol. The van der Waals surface area contributed by atoms with Crippen molar-refractivity contribution in [2.24, 2.45) is 0 Å². The van der Waals surface area contributed by atoms with Gasteiger partial charge in [-0.15, -0.1) is 0 Å². The second-order valence-electron chi connectivity index (χ2n) is 5.57. The summed E-state index contributed by atoms with van der Waals surface area (Å²) in [6.45, 7) is 3.84. The lowest BCUT2D eigenvalue weighted by molar-refractivity contribution is 0.101. The smallest absolute Gasteiger partial charge is 0.242 e. The Labute approximate surface area is 142 Å². The fourth-order valence-electron chi connectivity index (χ4n) is 2.10. The number of ether oxygens (including phenoxy) is 1. The van der Waals surface area contributed by atoms with Gasteiger partial charge in [0.25, 0.3) is 0 Å². The summed E-state index contributed by atoms with van der Waals surface area (Å²) in [4.78, 5) is 11.5.